The molecule has 2 aromatic heterocycles. The number of ether oxygens (including phenoxy) is 4. The lowest BCUT2D eigenvalue weighted by Crippen LogP contribution is -2.43. The number of imidazole rings is 1. The van der Waals surface area contributed by atoms with Gasteiger partial charge in [-0.15, -0.1) is 0 Å². The quantitative estimate of drug-likeness (QED) is 0.519. The molecule has 0 saturated heterocycles. The second kappa shape index (κ2) is 8.58. The second-order valence-electron chi connectivity index (χ2n) is 6.83. The molecule has 0 saturated carbocycles. The highest BCUT2D eigenvalue weighted by molar-refractivity contribution is 7.90. The molecule has 1 N–H and O–H groups in total. The topological polar surface area (TPSA) is 102 Å². The fourth-order valence-electron chi connectivity index (χ4n) is 3.18. The summed E-state index contributed by atoms with van der Waals surface area (Å²) in [5.74, 6) is 0.492. The molecule has 3 heterocycles. The van der Waals surface area contributed by atoms with Gasteiger partial charge in [-0.25, -0.2) is 0 Å². The van der Waals surface area contributed by atoms with Crippen LogP contribution < -0.4 is 18.9 Å². The first-order valence-corrected chi connectivity index (χ1v) is 11.1. The van der Waals surface area contributed by atoms with Crippen molar-refractivity contribution in [1.29, 1.82) is 0 Å². The summed E-state index contributed by atoms with van der Waals surface area (Å²) >= 11 is -1.65. The van der Waals surface area contributed by atoms with E-state index in [1.165, 1.54) is 18.3 Å². The lowest BCUT2D eigenvalue weighted by atomic mass is 10.2. The number of aromatic nitrogens is 3. The van der Waals surface area contributed by atoms with Gasteiger partial charge in [-0.05, 0) is 20.8 Å². The average Bonchev–Trinajstić information content (AvgIpc) is 3.15. The number of aromatic amines is 1. The van der Waals surface area contributed by atoms with Gasteiger partial charge in [0.1, 0.15) is 0 Å². The number of pyridine rings is 1. The van der Waals surface area contributed by atoms with E-state index in [0.717, 1.165) is 0 Å². The summed E-state index contributed by atoms with van der Waals surface area (Å²) < 4.78 is 73.4. The van der Waals surface area contributed by atoms with Crippen LogP contribution in [0.25, 0.3) is 11.0 Å². The Hall–Kier alpha value is -2.86. The van der Waals surface area contributed by atoms with Gasteiger partial charge in [0, 0.05) is 28.9 Å². The molecule has 1 aliphatic heterocycles. The van der Waals surface area contributed by atoms with Gasteiger partial charge in [0.15, 0.2) is 28.8 Å². The van der Waals surface area contributed by atoms with Crippen molar-refractivity contribution in [2.24, 2.45) is 0 Å². The van der Waals surface area contributed by atoms with E-state index >= 15 is 0 Å². The average molecular weight is 471 g/mol. The van der Waals surface area contributed by atoms with E-state index in [-0.39, 0.29) is 27.9 Å². The van der Waals surface area contributed by atoms with Crippen LogP contribution in [0.15, 0.2) is 23.5 Å². The fraction of sp³-hybridized carbons (Fsp3) is 0.400. The summed E-state index contributed by atoms with van der Waals surface area (Å²) in [6.07, 6.45) is -5.53. The van der Waals surface area contributed by atoms with Crippen molar-refractivity contribution in [3.63, 3.8) is 0 Å². The maximum atomic E-state index is 13.4. The van der Waals surface area contributed by atoms with E-state index in [9.17, 15) is 17.7 Å². The summed E-state index contributed by atoms with van der Waals surface area (Å²) in [7, 11) is 0. The number of hydrogen-bond donors (Lipinski definition) is 1. The minimum Gasteiger partial charge on any atom is -0.609 e. The van der Waals surface area contributed by atoms with Crippen LogP contribution >= 0.6 is 0 Å². The van der Waals surface area contributed by atoms with Crippen molar-refractivity contribution in [3.8, 4) is 23.0 Å². The molecule has 1 aromatic carbocycles. The first-order valence-electron chi connectivity index (χ1n) is 9.77. The third kappa shape index (κ3) is 4.11. The van der Waals surface area contributed by atoms with E-state index in [1.54, 1.807) is 6.92 Å². The van der Waals surface area contributed by atoms with E-state index in [0.29, 0.717) is 41.5 Å². The number of H-pyrrole nitrogens is 1. The van der Waals surface area contributed by atoms with Crippen molar-refractivity contribution < 1.29 is 36.7 Å². The maximum Gasteiger partial charge on any atom is 0.468 e. The molecule has 3 aromatic rings. The van der Waals surface area contributed by atoms with Crippen molar-refractivity contribution in [1.82, 2.24) is 15.0 Å². The molecule has 0 fully saturated rings. The van der Waals surface area contributed by atoms with Crippen LogP contribution in [0.2, 0.25) is 0 Å². The fourth-order valence-corrected chi connectivity index (χ4v) is 4.28. The van der Waals surface area contributed by atoms with E-state index in [2.05, 4.69) is 24.4 Å². The van der Waals surface area contributed by atoms with Gasteiger partial charge < -0.3 is 23.5 Å². The van der Waals surface area contributed by atoms with Gasteiger partial charge in [-0.1, -0.05) is 0 Å². The Morgan fingerprint density at radius 1 is 1.22 bits per heavy atom. The number of nitrogens with one attached hydrogen (secondary N) is 1. The molecule has 0 spiro atoms. The molecule has 0 radical (unpaired) electrons. The van der Waals surface area contributed by atoms with Crippen LogP contribution in [-0.2, 0) is 16.9 Å². The molecule has 2 atom stereocenters. The van der Waals surface area contributed by atoms with Gasteiger partial charge >= 0.3 is 17.6 Å². The molecule has 172 valence electrons. The molecular formula is C20H20F3N3O5S. The monoisotopic (exact) mass is 471 g/mol. The lowest BCUT2D eigenvalue weighted by molar-refractivity contribution is -0.281. The highest BCUT2D eigenvalue weighted by Gasteiger charge is 2.49. The minimum absolute atomic E-state index is 0.0233. The standard InChI is InChI=1S/C20H20F3N3O5S/c1-4-28-16-8-24-13(10(3)17(16)29-5-2)9-32(27)19-25-11-6-14-15(7-12(11)26-19)31-20(22,23)18(21)30-14/h6-8,18H,4-5,9H2,1-3H3,(H,25,26). The number of fused-ring (bicyclic) bond motifs is 2. The number of rotatable bonds is 7. The van der Waals surface area contributed by atoms with Crippen LogP contribution in [0, 0.1) is 6.92 Å². The second-order valence-corrected chi connectivity index (χ2v) is 8.20. The number of halogens is 3. The van der Waals surface area contributed by atoms with Crippen LogP contribution in [0.4, 0.5) is 13.2 Å². The van der Waals surface area contributed by atoms with Gasteiger partial charge in [-0.3, -0.25) is 9.97 Å². The van der Waals surface area contributed by atoms with E-state index in [4.69, 9.17) is 9.47 Å². The highest BCUT2D eigenvalue weighted by atomic mass is 32.2. The molecule has 2 unspecified atom stereocenters. The van der Waals surface area contributed by atoms with Crippen molar-refractivity contribution >= 4 is 22.2 Å². The molecule has 0 aliphatic carbocycles. The Morgan fingerprint density at radius 2 is 1.97 bits per heavy atom. The molecule has 8 nitrogen and oxygen atoms in total. The number of nitrogens with zero attached hydrogens (tertiary/aromatic N) is 2. The van der Waals surface area contributed by atoms with Crippen LogP contribution in [0.5, 0.6) is 23.0 Å². The Morgan fingerprint density at radius 3 is 2.69 bits per heavy atom. The molecular weight excluding hydrogens is 451 g/mol. The van der Waals surface area contributed by atoms with Crippen LogP contribution in [-0.4, -0.2) is 45.2 Å². The molecule has 0 bridgehead atoms. The number of benzene rings is 1. The first-order chi connectivity index (χ1) is 15.2. The zero-order valence-electron chi connectivity index (χ0n) is 17.4. The summed E-state index contributed by atoms with van der Waals surface area (Å²) in [5, 5.41) is 0.0963. The summed E-state index contributed by atoms with van der Waals surface area (Å²) in [5.41, 5.74) is 1.77. The number of alkyl halides is 3. The van der Waals surface area contributed by atoms with Crippen molar-refractivity contribution in [2.45, 2.75) is 44.1 Å². The van der Waals surface area contributed by atoms with Crippen LogP contribution in [0.1, 0.15) is 25.1 Å². The van der Waals surface area contributed by atoms with Gasteiger partial charge in [0.05, 0.1) is 36.1 Å². The smallest absolute Gasteiger partial charge is 0.468 e. The van der Waals surface area contributed by atoms with Gasteiger partial charge in [-0.2, -0.15) is 18.2 Å². The van der Waals surface area contributed by atoms with Gasteiger partial charge in [0.25, 0.3) is 0 Å². The Bertz CT molecular complexity index is 1140. The largest absolute Gasteiger partial charge is 0.609 e. The third-order valence-electron chi connectivity index (χ3n) is 4.67. The zero-order chi connectivity index (χ0) is 23.0. The minimum atomic E-state index is -4.11. The normalized spacial score (nSPS) is 17.9. The molecule has 1 aliphatic rings. The predicted molar refractivity (Wildman–Crippen MR) is 109 cm³/mol. The summed E-state index contributed by atoms with van der Waals surface area (Å²) in [4.78, 5) is 11.4. The molecule has 4 rings (SSSR count). The van der Waals surface area contributed by atoms with E-state index in [1.807, 2.05) is 13.8 Å². The van der Waals surface area contributed by atoms with E-state index < -0.39 is 23.6 Å². The molecule has 32 heavy (non-hydrogen) atoms. The first kappa shape index (κ1) is 22.3. The maximum absolute atomic E-state index is 13.4. The van der Waals surface area contributed by atoms with Crippen molar-refractivity contribution in [2.75, 3.05) is 13.2 Å². The van der Waals surface area contributed by atoms with Gasteiger partial charge in [0.2, 0.25) is 0 Å². The molecule has 12 heteroatoms. The van der Waals surface area contributed by atoms with Crippen LogP contribution in [0.3, 0.4) is 0 Å². The van der Waals surface area contributed by atoms with Crippen molar-refractivity contribution in [3.05, 3.63) is 29.6 Å². The SMILES string of the molecule is CCOc1cnc(C[S+]([O-])c2nc3cc4c(cc3[nH]2)OC(F)C(F)(F)O4)c(C)c1OCC. The Balaban J connectivity index is 1.61. The Kier molecular flexibility index (Phi) is 5.99. The number of hydrogen-bond acceptors (Lipinski definition) is 7. The molecule has 0 amide bonds. The summed E-state index contributed by atoms with van der Waals surface area (Å²) in [6, 6.07) is 2.45. The predicted octanol–water partition coefficient (Wildman–Crippen LogP) is 4.03. The Labute approximate surface area is 184 Å². The third-order valence-corrected chi connectivity index (χ3v) is 5.83. The zero-order valence-corrected chi connectivity index (χ0v) is 18.2. The lowest BCUT2D eigenvalue weighted by Gasteiger charge is -2.28. The summed E-state index contributed by atoms with van der Waals surface area (Å²) in [6.45, 7) is 6.35. The highest BCUT2D eigenvalue weighted by Crippen LogP contribution is 2.42.